The van der Waals surface area contributed by atoms with Crippen LogP contribution < -0.4 is 4.74 Å². The fourth-order valence-electron chi connectivity index (χ4n) is 2.03. The quantitative estimate of drug-likeness (QED) is 0.596. The number of halogens is 1. The molecule has 0 amide bonds. The zero-order valence-electron chi connectivity index (χ0n) is 13.0. The number of carbonyl (C=O) groups is 2. The maximum atomic E-state index is 12.6. The van der Waals surface area contributed by atoms with Crippen molar-refractivity contribution in [3.8, 4) is 5.75 Å². The van der Waals surface area contributed by atoms with E-state index in [1.807, 2.05) is 13.0 Å². The van der Waals surface area contributed by atoms with E-state index in [0.717, 1.165) is 5.56 Å². The molecule has 0 aromatic heterocycles. The van der Waals surface area contributed by atoms with Crippen LogP contribution in [0.25, 0.3) is 0 Å². The molecule has 0 spiro atoms. The second-order valence-corrected chi connectivity index (χ2v) is 5.37. The third kappa shape index (κ3) is 4.57. The van der Waals surface area contributed by atoms with Crippen molar-refractivity contribution >= 4 is 23.4 Å². The molecule has 0 unspecified atom stereocenters. The summed E-state index contributed by atoms with van der Waals surface area (Å²) < 4.78 is 10.3. The first kappa shape index (κ1) is 17.0. The molecule has 4 nitrogen and oxygen atoms in total. The van der Waals surface area contributed by atoms with Crippen molar-refractivity contribution in [1.82, 2.24) is 0 Å². The Balaban J connectivity index is 2.25. The number of carbonyl (C=O) groups excluding carboxylic acids is 2. The number of hydrogen-bond donors (Lipinski definition) is 0. The molecule has 0 aliphatic heterocycles. The van der Waals surface area contributed by atoms with Crippen LogP contribution >= 0.6 is 11.6 Å². The number of ether oxygens (including phenoxy) is 2. The Morgan fingerprint density at radius 1 is 1.09 bits per heavy atom. The van der Waals surface area contributed by atoms with Gasteiger partial charge in [-0.1, -0.05) is 17.7 Å². The molecular formula is C18H17ClO4. The molecule has 0 radical (unpaired) electrons. The number of ketones is 1. The van der Waals surface area contributed by atoms with Gasteiger partial charge < -0.3 is 9.47 Å². The Kier molecular flexibility index (Phi) is 5.77. The van der Waals surface area contributed by atoms with Crippen molar-refractivity contribution in [2.75, 3.05) is 13.2 Å². The summed E-state index contributed by atoms with van der Waals surface area (Å²) >= 11 is 5.84. The highest BCUT2D eigenvalue weighted by Crippen LogP contribution is 2.24. The number of hydrogen-bond acceptors (Lipinski definition) is 4. The first-order valence-corrected chi connectivity index (χ1v) is 7.58. The van der Waals surface area contributed by atoms with Gasteiger partial charge >= 0.3 is 5.97 Å². The van der Waals surface area contributed by atoms with Gasteiger partial charge in [-0.05, 0) is 55.8 Å². The van der Waals surface area contributed by atoms with Crippen LogP contribution in [0.15, 0.2) is 42.5 Å². The summed E-state index contributed by atoms with van der Waals surface area (Å²) in [5.41, 5.74) is 1.82. The lowest BCUT2D eigenvalue weighted by Crippen LogP contribution is -2.16. The zero-order chi connectivity index (χ0) is 16.8. The van der Waals surface area contributed by atoms with Crippen molar-refractivity contribution in [3.05, 3.63) is 64.2 Å². The van der Waals surface area contributed by atoms with Gasteiger partial charge in [-0.3, -0.25) is 4.79 Å². The number of aryl methyl sites for hydroxylation is 1. The Hall–Kier alpha value is -2.33. The van der Waals surface area contributed by atoms with Crippen LogP contribution in [0.1, 0.15) is 28.4 Å². The maximum Gasteiger partial charge on any atom is 0.344 e. The zero-order valence-corrected chi connectivity index (χ0v) is 13.7. The third-order valence-corrected chi connectivity index (χ3v) is 3.39. The fourth-order valence-corrected chi connectivity index (χ4v) is 2.16. The smallest absolute Gasteiger partial charge is 0.344 e. The molecule has 0 aliphatic carbocycles. The summed E-state index contributed by atoms with van der Waals surface area (Å²) in [6.45, 7) is 3.65. The van der Waals surface area contributed by atoms with E-state index in [0.29, 0.717) is 21.9 Å². The SMILES string of the molecule is CCOC(=O)COc1cc(C)ccc1C(=O)c1ccc(Cl)cc1. The molecule has 0 saturated heterocycles. The van der Waals surface area contributed by atoms with E-state index in [4.69, 9.17) is 21.1 Å². The standard InChI is InChI=1S/C18H17ClO4/c1-3-22-17(20)11-23-16-10-12(2)4-9-15(16)18(21)13-5-7-14(19)8-6-13/h4-10H,3,11H2,1-2H3. The second-order valence-electron chi connectivity index (χ2n) is 4.93. The molecule has 0 heterocycles. The summed E-state index contributed by atoms with van der Waals surface area (Å²) in [6.07, 6.45) is 0. The Morgan fingerprint density at radius 3 is 2.43 bits per heavy atom. The maximum absolute atomic E-state index is 12.6. The van der Waals surface area contributed by atoms with E-state index < -0.39 is 5.97 Å². The summed E-state index contributed by atoms with van der Waals surface area (Å²) in [6, 6.07) is 11.8. The van der Waals surface area contributed by atoms with Crippen molar-refractivity contribution in [3.63, 3.8) is 0 Å². The van der Waals surface area contributed by atoms with Crippen LogP contribution in [0.4, 0.5) is 0 Å². The van der Waals surface area contributed by atoms with E-state index in [2.05, 4.69) is 0 Å². The first-order chi connectivity index (χ1) is 11.0. The fraction of sp³-hybridized carbons (Fsp3) is 0.222. The van der Waals surface area contributed by atoms with Crippen LogP contribution in [0.5, 0.6) is 5.75 Å². The van der Waals surface area contributed by atoms with Gasteiger partial charge in [0.2, 0.25) is 0 Å². The molecular weight excluding hydrogens is 316 g/mol. The third-order valence-electron chi connectivity index (χ3n) is 3.14. The highest BCUT2D eigenvalue weighted by atomic mass is 35.5. The molecule has 0 saturated carbocycles. The summed E-state index contributed by atoms with van der Waals surface area (Å²) in [5, 5.41) is 0.559. The molecule has 0 bridgehead atoms. The number of benzene rings is 2. The molecule has 0 atom stereocenters. The highest BCUT2D eigenvalue weighted by Gasteiger charge is 2.16. The van der Waals surface area contributed by atoms with Gasteiger partial charge in [0.25, 0.3) is 0 Å². The molecule has 2 rings (SSSR count). The predicted molar refractivity (Wildman–Crippen MR) is 88.2 cm³/mol. The van der Waals surface area contributed by atoms with Gasteiger partial charge in [-0.15, -0.1) is 0 Å². The molecule has 2 aromatic rings. The van der Waals surface area contributed by atoms with E-state index in [-0.39, 0.29) is 19.0 Å². The van der Waals surface area contributed by atoms with Crippen LogP contribution in [-0.2, 0) is 9.53 Å². The Labute approximate surface area is 140 Å². The van der Waals surface area contributed by atoms with Crippen molar-refractivity contribution in [1.29, 1.82) is 0 Å². The van der Waals surface area contributed by atoms with Gasteiger partial charge in [0, 0.05) is 10.6 Å². The first-order valence-electron chi connectivity index (χ1n) is 7.20. The van der Waals surface area contributed by atoms with Gasteiger partial charge in [-0.2, -0.15) is 0 Å². The lowest BCUT2D eigenvalue weighted by Gasteiger charge is -2.11. The van der Waals surface area contributed by atoms with E-state index >= 15 is 0 Å². The summed E-state index contributed by atoms with van der Waals surface area (Å²) in [7, 11) is 0. The largest absolute Gasteiger partial charge is 0.481 e. The van der Waals surface area contributed by atoms with Crippen LogP contribution in [0, 0.1) is 6.92 Å². The van der Waals surface area contributed by atoms with Crippen LogP contribution in [-0.4, -0.2) is 25.0 Å². The molecule has 5 heteroatoms. The van der Waals surface area contributed by atoms with Gasteiger partial charge in [-0.25, -0.2) is 4.79 Å². The van der Waals surface area contributed by atoms with Crippen molar-refractivity contribution in [2.45, 2.75) is 13.8 Å². The van der Waals surface area contributed by atoms with Gasteiger partial charge in [0.1, 0.15) is 5.75 Å². The minimum absolute atomic E-state index is 0.194. The van der Waals surface area contributed by atoms with Crippen LogP contribution in [0.3, 0.4) is 0 Å². The predicted octanol–water partition coefficient (Wildman–Crippen LogP) is 3.82. The Morgan fingerprint density at radius 2 is 1.78 bits per heavy atom. The molecule has 0 N–H and O–H groups in total. The van der Waals surface area contributed by atoms with E-state index in [1.165, 1.54) is 0 Å². The van der Waals surface area contributed by atoms with E-state index in [9.17, 15) is 9.59 Å². The molecule has 120 valence electrons. The summed E-state index contributed by atoms with van der Waals surface area (Å²) in [4.78, 5) is 24.1. The lowest BCUT2D eigenvalue weighted by atomic mass is 10.0. The molecule has 2 aromatic carbocycles. The average molecular weight is 333 g/mol. The topological polar surface area (TPSA) is 52.6 Å². The minimum Gasteiger partial charge on any atom is -0.481 e. The second kappa shape index (κ2) is 7.79. The lowest BCUT2D eigenvalue weighted by molar-refractivity contribution is -0.145. The number of esters is 1. The minimum atomic E-state index is -0.473. The average Bonchev–Trinajstić information content (AvgIpc) is 2.53. The molecule has 23 heavy (non-hydrogen) atoms. The van der Waals surface area contributed by atoms with Crippen molar-refractivity contribution < 1.29 is 19.1 Å². The number of rotatable bonds is 6. The molecule has 0 aliphatic rings. The molecule has 0 fully saturated rings. The van der Waals surface area contributed by atoms with Gasteiger partial charge in [0.05, 0.1) is 12.2 Å². The van der Waals surface area contributed by atoms with Crippen LogP contribution in [0.2, 0.25) is 5.02 Å². The van der Waals surface area contributed by atoms with Crippen molar-refractivity contribution in [2.24, 2.45) is 0 Å². The van der Waals surface area contributed by atoms with Gasteiger partial charge in [0.15, 0.2) is 12.4 Å². The normalized spacial score (nSPS) is 10.2. The Bertz CT molecular complexity index is 707. The highest BCUT2D eigenvalue weighted by molar-refractivity contribution is 6.30. The monoisotopic (exact) mass is 332 g/mol. The summed E-state index contributed by atoms with van der Waals surface area (Å²) in [5.74, 6) is -0.308. The van der Waals surface area contributed by atoms with E-state index in [1.54, 1.807) is 43.3 Å².